The van der Waals surface area contributed by atoms with Gasteiger partial charge in [0.25, 0.3) is 0 Å². The minimum atomic E-state index is -4.39. The molecule has 0 amide bonds. The van der Waals surface area contributed by atoms with E-state index in [9.17, 15) is 13.2 Å². The third-order valence-electron chi connectivity index (χ3n) is 5.54. The molecule has 0 radical (unpaired) electrons. The quantitative estimate of drug-likeness (QED) is 0.642. The van der Waals surface area contributed by atoms with Crippen molar-refractivity contribution < 1.29 is 13.2 Å². The number of aromatic nitrogens is 4. The van der Waals surface area contributed by atoms with Crippen molar-refractivity contribution in [2.75, 3.05) is 0 Å². The van der Waals surface area contributed by atoms with Gasteiger partial charge >= 0.3 is 6.18 Å². The summed E-state index contributed by atoms with van der Waals surface area (Å²) in [6.07, 6.45) is 4.21. The summed E-state index contributed by atoms with van der Waals surface area (Å²) in [5.74, 6) is 1.68. The molecule has 3 aromatic rings. The lowest BCUT2D eigenvalue weighted by atomic mass is 10.1. The molecule has 5 rings (SSSR count). The van der Waals surface area contributed by atoms with Gasteiger partial charge in [-0.05, 0) is 23.5 Å². The number of hydrogen-bond donors (Lipinski definition) is 2. The average Bonchev–Trinajstić information content (AvgIpc) is 3.26. The van der Waals surface area contributed by atoms with Crippen molar-refractivity contribution in [2.24, 2.45) is 5.92 Å². The largest absolute Gasteiger partial charge is 0.432 e. The molecule has 3 heterocycles. The molecule has 1 unspecified atom stereocenters. The van der Waals surface area contributed by atoms with Gasteiger partial charge in [0.05, 0.1) is 18.1 Å². The number of nitrogens with zero attached hydrogens (tertiary/aromatic N) is 4. The van der Waals surface area contributed by atoms with Gasteiger partial charge in [-0.2, -0.15) is 18.3 Å². The van der Waals surface area contributed by atoms with E-state index in [0.29, 0.717) is 6.54 Å². The number of halogens is 3. The van der Waals surface area contributed by atoms with E-state index < -0.39 is 18.0 Å². The van der Waals surface area contributed by atoms with Crippen LogP contribution < -0.4 is 10.6 Å². The Hall–Kier alpha value is -3.10. The van der Waals surface area contributed by atoms with Crippen molar-refractivity contribution in [3.63, 3.8) is 0 Å². The van der Waals surface area contributed by atoms with Crippen LogP contribution in [0.1, 0.15) is 42.4 Å². The van der Waals surface area contributed by atoms with Crippen molar-refractivity contribution in [3.05, 3.63) is 65.5 Å². The van der Waals surface area contributed by atoms with Crippen LogP contribution >= 0.6 is 0 Å². The standard InChI is InChI=1S/C21H21F3N6/c22-21(23,24)17-11-26-19(28-17)15-6-3-14(4-7-15)12-30-20-16(10-27-30)9-25-18(29-20)8-5-13-1-2-13/h3-4,6-7,9-11,13,19,26,28H,1-2,5,8,12H2. The molecule has 0 spiro atoms. The highest BCUT2D eigenvalue weighted by Gasteiger charge is 2.38. The first-order valence-corrected chi connectivity index (χ1v) is 10.0. The first kappa shape index (κ1) is 18.9. The first-order chi connectivity index (χ1) is 14.5. The lowest BCUT2D eigenvalue weighted by molar-refractivity contribution is -0.0963. The predicted molar refractivity (Wildman–Crippen MR) is 105 cm³/mol. The van der Waals surface area contributed by atoms with E-state index in [1.165, 1.54) is 12.8 Å². The monoisotopic (exact) mass is 414 g/mol. The number of hydrogen-bond acceptors (Lipinski definition) is 5. The van der Waals surface area contributed by atoms with E-state index >= 15 is 0 Å². The van der Waals surface area contributed by atoms with E-state index in [0.717, 1.165) is 52.9 Å². The molecule has 2 aromatic heterocycles. The summed E-state index contributed by atoms with van der Waals surface area (Å²) in [5.41, 5.74) is 1.75. The third-order valence-corrected chi connectivity index (χ3v) is 5.54. The van der Waals surface area contributed by atoms with E-state index in [-0.39, 0.29) is 0 Å². The zero-order chi connectivity index (χ0) is 20.7. The predicted octanol–water partition coefficient (Wildman–Crippen LogP) is 3.81. The minimum Gasteiger partial charge on any atom is -0.366 e. The van der Waals surface area contributed by atoms with Crippen molar-refractivity contribution in [2.45, 2.75) is 44.6 Å². The molecule has 0 saturated heterocycles. The zero-order valence-corrected chi connectivity index (χ0v) is 16.2. The van der Waals surface area contributed by atoms with Crippen LogP contribution in [-0.4, -0.2) is 25.9 Å². The maximum atomic E-state index is 12.8. The lowest BCUT2D eigenvalue weighted by Crippen LogP contribution is -2.27. The number of benzene rings is 1. The van der Waals surface area contributed by atoms with Gasteiger partial charge in [-0.15, -0.1) is 0 Å². The molecule has 30 heavy (non-hydrogen) atoms. The van der Waals surface area contributed by atoms with Gasteiger partial charge in [0.2, 0.25) is 0 Å². The van der Waals surface area contributed by atoms with E-state index in [1.807, 2.05) is 35.1 Å². The maximum absolute atomic E-state index is 12.8. The highest BCUT2D eigenvalue weighted by molar-refractivity contribution is 5.73. The molecule has 1 fully saturated rings. The molecular formula is C21H21F3N6. The lowest BCUT2D eigenvalue weighted by Gasteiger charge is -2.16. The van der Waals surface area contributed by atoms with Crippen molar-refractivity contribution in [3.8, 4) is 0 Å². The van der Waals surface area contributed by atoms with Crippen molar-refractivity contribution >= 4 is 11.0 Å². The summed E-state index contributed by atoms with van der Waals surface area (Å²) in [7, 11) is 0. The van der Waals surface area contributed by atoms with Crippen LogP contribution in [0, 0.1) is 5.92 Å². The third kappa shape index (κ3) is 3.96. The highest BCUT2D eigenvalue weighted by atomic mass is 19.4. The number of alkyl halides is 3. The van der Waals surface area contributed by atoms with E-state index in [4.69, 9.17) is 4.98 Å². The smallest absolute Gasteiger partial charge is 0.366 e. The summed E-state index contributed by atoms with van der Waals surface area (Å²) in [6, 6.07) is 7.42. The van der Waals surface area contributed by atoms with E-state index in [1.54, 1.807) is 6.20 Å². The van der Waals surface area contributed by atoms with Gasteiger partial charge in [-0.25, -0.2) is 14.6 Å². The number of rotatable bonds is 6. The summed E-state index contributed by atoms with van der Waals surface area (Å²) >= 11 is 0. The molecule has 156 valence electrons. The van der Waals surface area contributed by atoms with Gasteiger partial charge in [0, 0.05) is 18.8 Å². The second-order valence-corrected chi connectivity index (χ2v) is 7.89. The highest BCUT2D eigenvalue weighted by Crippen LogP contribution is 2.33. The van der Waals surface area contributed by atoms with Crippen LogP contribution in [0.4, 0.5) is 13.2 Å². The van der Waals surface area contributed by atoms with Crippen LogP contribution in [0.5, 0.6) is 0 Å². The Labute approximate surface area is 171 Å². The van der Waals surface area contributed by atoms with Crippen LogP contribution in [-0.2, 0) is 13.0 Å². The van der Waals surface area contributed by atoms with Crippen LogP contribution in [0.3, 0.4) is 0 Å². The van der Waals surface area contributed by atoms with Crippen molar-refractivity contribution in [1.29, 1.82) is 0 Å². The Morgan fingerprint density at radius 3 is 2.60 bits per heavy atom. The van der Waals surface area contributed by atoms with Gasteiger partial charge in [-0.1, -0.05) is 37.1 Å². The van der Waals surface area contributed by atoms with Gasteiger partial charge < -0.3 is 10.6 Å². The summed E-state index contributed by atoms with van der Waals surface area (Å²) in [6.45, 7) is 0.528. The van der Waals surface area contributed by atoms with Crippen LogP contribution in [0.25, 0.3) is 11.0 Å². The maximum Gasteiger partial charge on any atom is 0.432 e. The molecule has 1 aliphatic heterocycles. The number of allylic oxidation sites excluding steroid dienone is 1. The molecule has 1 aliphatic carbocycles. The number of nitrogens with one attached hydrogen (secondary N) is 2. The fourth-order valence-electron chi connectivity index (χ4n) is 3.61. The van der Waals surface area contributed by atoms with Crippen LogP contribution in [0.2, 0.25) is 0 Å². The normalized spacial score (nSPS) is 18.9. The molecule has 2 aliphatic rings. The van der Waals surface area contributed by atoms with Gasteiger partial charge in [0.1, 0.15) is 17.7 Å². The average molecular weight is 414 g/mol. The molecule has 9 heteroatoms. The first-order valence-electron chi connectivity index (χ1n) is 10.0. The van der Waals surface area contributed by atoms with Gasteiger partial charge in [0.15, 0.2) is 5.65 Å². The summed E-state index contributed by atoms with van der Waals surface area (Å²) < 4.78 is 40.2. The zero-order valence-electron chi connectivity index (χ0n) is 16.2. The SMILES string of the molecule is FC(F)(F)C1=CNC(c2ccc(Cn3ncc4cnc(CCC5CC5)nc43)cc2)N1. The van der Waals surface area contributed by atoms with Crippen LogP contribution in [0.15, 0.2) is 48.6 Å². The summed E-state index contributed by atoms with van der Waals surface area (Å²) in [5, 5.41) is 10.5. The fraction of sp³-hybridized carbons (Fsp3) is 0.381. The second kappa shape index (κ2) is 7.30. The Morgan fingerprint density at radius 1 is 1.10 bits per heavy atom. The van der Waals surface area contributed by atoms with Crippen molar-refractivity contribution in [1.82, 2.24) is 30.4 Å². The topological polar surface area (TPSA) is 67.7 Å². The molecule has 1 atom stereocenters. The summed E-state index contributed by atoms with van der Waals surface area (Å²) in [4.78, 5) is 9.14. The Morgan fingerprint density at radius 2 is 1.90 bits per heavy atom. The minimum absolute atomic E-state index is 0.528. The van der Waals surface area contributed by atoms with Gasteiger partial charge in [-0.3, -0.25) is 0 Å². The molecule has 6 nitrogen and oxygen atoms in total. The second-order valence-electron chi connectivity index (χ2n) is 7.89. The molecular weight excluding hydrogens is 393 g/mol. The Balaban J connectivity index is 1.28. The molecule has 1 aromatic carbocycles. The van der Waals surface area contributed by atoms with E-state index in [2.05, 4.69) is 20.7 Å². The fourth-order valence-corrected chi connectivity index (χ4v) is 3.61. The Kier molecular flexibility index (Phi) is 4.60. The number of aryl methyl sites for hydroxylation is 1. The molecule has 0 bridgehead atoms. The molecule has 1 saturated carbocycles. The Bertz CT molecular complexity index is 1080. The number of fused-ring (bicyclic) bond motifs is 1. The molecule has 2 N–H and O–H groups in total.